The van der Waals surface area contributed by atoms with E-state index in [9.17, 15) is 0 Å². The van der Waals surface area contributed by atoms with E-state index in [0.29, 0.717) is 79.3 Å². The summed E-state index contributed by atoms with van der Waals surface area (Å²) in [5.41, 5.74) is 4.15. The fraction of sp³-hybridized carbons (Fsp3) is 0.273. The van der Waals surface area contributed by atoms with Gasteiger partial charge in [-0.25, -0.2) is 15.0 Å². The van der Waals surface area contributed by atoms with Crippen LogP contribution in [0.5, 0.6) is 17.2 Å². The topological polar surface area (TPSA) is 206 Å². The van der Waals surface area contributed by atoms with E-state index in [-0.39, 0.29) is 0 Å². The van der Waals surface area contributed by atoms with Crippen LogP contribution < -0.4 is 17.5 Å². The van der Waals surface area contributed by atoms with Crippen molar-refractivity contribution in [2.24, 2.45) is 0 Å². The standard InChI is InChI=1S/C23H25N3O3.C19H22IN3O3.C19H23N3O3.C16H10AtN3/c1-2-9-27-10-11-28-12-13-29-21-4-3-19-16-25-23(15-20(19)14-21)26-8-6-18-5-7-24-17-22(18)26;1-2-7-24-8-9-25-10-11-26-18-12-19(22-13-16(18)20)23-6-4-15-3-5-21-14-17(15)23;1-2-9-23-10-11-24-12-13-25-17-4-7-21-19(14-17)22-8-5-16-3-6-20-15-18(16)22;17-14-2-1-12-9-19-16(8-13(12)7-14)20-6-4-11-3-5-18-10-15(11)20/h3-8,14-17H,2,9-13H2,1H3;3-6,12-14H,2,7-11H2,1H3;3-8,14-15H,2,9-13H2,1H3;1-10H/i;20-2;;17+1. The normalized spacial score (nSPS) is 11.2. The van der Waals surface area contributed by atoms with Gasteiger partial charge in [-0.2, -0.15) is 0 Å². The molecule has 0 N–H and O–H groups in total. The Hall–Kier alpha value is -8.91. The van der Waals surface area contributed by atoms with Crippen molar-refractivity contribution in [2.75, 3.05) is 99.1 Å². The molecular formula is C77H80AtIN12O9. The van der Waals surface area contributed by atoms with E-state index < -0.39 is 0 Å². The van der Waals surface area contributed by atoms with E-state index in [1.54, 1.807) is 49.5 Å². The number of nitrogens with zero attached hydrogens (tertiary/aromatic N) is 12. The molecule has 23 heteroatoms. The first kappa shape index (κ1) is 72.3. The van der Waals surface area contributed by atoms with E-state index in [0.717, 1.165) is 132 Å². The number of aromatic nitrogens is 12. The van der Waals surface area contributed by atoms with Gasteiger partial charge < -0.3 is 42.6 Å². The zero-order chi connectivity index (χ0) is 68.9. The maximum absolute atomic E-state index is 5.87. The molecule has 12 heterocycles. The predicted octanol–water partition coefficient (Wildman–Crippen LogP) is 14.2. The number of hydrogen-bond acceptors (Lipinski definition) is 17. The Kier molecular flexibility index (Phi) is 27.9. The second-order valence-corrected chi connectivity index (χ2v) is 25.5. The first-order valence-electron chi connectivity index (χ1n) is 33.4. The van der Waals surface area contributed by atoms with Crippen LogP contribution in [0.3, 0.4) is 0 Å². The number of benzene rings is 2. The van der Waals surface area contributed by atoms with Gasteiger partial charge in [-0.05, 0) is 114 Å². The first-order chi connectivity index (χ1) is 49.3. The zero-order valence-electron chi connectivity index (χ0n) is 56.2. The molecular weight excluding hydrogens is 1570 g/mol. The molecule has 0 radical (unpaired) electrons. The number of hydrogen-bond donors (Lipinski definition) is 0. The SMILES string of the molecule is CCCOCCOCCOc1cc(-n2ccc3ccncc32)ncc1[125I].CCCOCCOCCOc1ccc2cnc(-n3ccc4ccncc43)cc2c1.CCCOCCOCCOc1ccnc(-n2ccc3ccncc32)c1.[211At]c1ccc2cnc(-n3ccc4ccncc43)cc2c1. The Morgan fingerprint density at radius 2 is 0.680 bits per heavy atom. The van der Waals surface area contributed by atoms with Crippen molar-refractivity contribution >= 4 is 91.0 Å². The van der Waals surface area contributed by atoms with Crippen LogP contribution in [-0.4, -0.2) is 157 Å². The van der Waals surface area contributed by atoms with E-state index in [1.807, 2.05) is 161 Å². The molecule has 0 aliphatic carbocycles. The summed E-state index contributed by atoms with van der Waals surface area (Å²) in [5, 5.41) is 9.10. The Bertz CT molecular complexity index is 4840. The average molecular weight is 1650 g/mol. The molecule has 14 aromatic rings. The van der Waals surface area contributed by atoms with Crippen molar-refractivity contribution < 1.29 is 67.4 Å². The Morgan fingerprint density at radius 3 is 1.13 bits per heavy atom. The minimum atomic E-state index is 0.487. The molecule has 0 spiro atoms. The fourth-order valence-corrected chi connectivity index (χ4v) is 11.7. The summed E-state index contributed by atoms with van der Waals surface area (Å²) in [4.78, 5) is 34.9. The van der Waals surface area contributed by atoms with Crippen molar-refractivity contribution in [3.63, 3.8) is 0 Å². The second kappa shape index (κ2) is 38.6. The van der Waals surface area contributed by atoms with E-state index in [4.69, 9.17) is 42.6 Å². The van der Waals surface area contributed by atoms with Crippen LogP contribution >= 0.6 is 22.6 Å². The number of ether oxygens (including phenoxy) is 9. The second-order valence-electron chi connectivity index (χ2n) is 22.6. The molecule has 21 nitrogen and oxygen atoms in total. The van der Waals surface area contributed by atoms with E-state index >= 15 is 0 Å². The number of pyridine rings is 8. The quantitative estimate of drug-likeness (QED) is 0.0292. The number of fused-ring (bicyclic) bond motifs is 6. The Balaban J connectivity index is 0.000000135. The molecule has 0 amide bonds. The van der Waals surface area contributed by atoms with Crippen LogP contribution in [-0.2, 0) is 28.4 Å². The molecule has 0 aliphatic heterocycles. The van der Waals surface area contributed by atoms with Crippen molar-refractivity contribution in [1.29, 1.82) is 0 Å². The van der Waals surface area contributed by atoms with Crippen LogP contribution in [0.25, 0.3) is 88.4 Å². The van der Waals surface area contributed by atoms with Gasteiger partial charge in [-0.15, -0.1) is 0 Å². The van der Waals surface area contributed by atoms with Crippen molar-refractivity contribution in [3.05, 3.63) is 218 Å². The predicted molar refractivity (Wildman–Crippen MR) is 395 cm³/mol. The number of rotatable bonds is 31. The van der Waals surface area contributed by atoms with Crippen LogP contribution in [0.15, 0.2) is 214 Å². The van der Waals surface area contributed by atoms with Crippen LogP contribution in [0.1, 0.15) is 40.0 Å². The van der Waals surface area contributed by atoms with Gasteiger partial charge in [0.15, 0.2) is 0 Å². The molecule has 0 aliphatic rings. The van der Waals surface area contributed by atoms with E-state index in [1.165, 1.54) is 19.4 Å². The third-order valence-corrected chi connectivity index (χ3v) is 17.2. The van der Waals surface area contributed by atoms with Gasteiger partial charge in [0.1, 0.15) is 54.5 Å². The van der Waals surface area contributed by atoms with Gasteiger partial charge in [0.05, 0.1) is 98.2 Å². The molecule has 516 valence electrons. The molecule has 0 saturated carbocycles. The molecule has 0 fully saturated rings. The van der Waals surface area contributed by atoms with Crippen molar-refractivity contribution in [1.82, 2.24) is 58.1 Å². The Labute approximate surface area is 609 Å². The van der Waals surface area contributed by atoms with Crippen LogP contribution in [0.4, 0.5) is 0 Å². The summed E-state index contributed by atoms with van der Waals surface area (Å²) in [5.74, 6) is 5.77. The summed E-state index contributed by atoms with van der Waals surface area (Å²) in [6.45, 7) is 15.3. The molecule has 0 unspecified atom stereocenters. The molecule has 2 aromatic carbocycles. The van der Waals surface area contributed by atoms with Gasteiger partial charge >= 0.3 is 131 Å². The summed E-state index contributed by atoms with van der Waals surface area (Å²) in [6, 6.07) is 38.6. The average Bonchev–Trinajstić information content (AvgIpc) is 1.64. The van der Waals surface area contributed by atoms with Crippen LogP contribution in [0.2, 0.25) is 0 Å². The summed E-state index contributed by atoms with van der Waals surface area (Å²) in [7, 11) is 0. The first-order valence-corrected chi connectivity index (χ1v) is 36.0. The summed E-state index contributed by atoms with van der Waals surface area (Å²) >= 11 is 3.92. The molecule has 0 saturated heterocycles. The van der Waals surface area contributed by atoms with Gasteiger partial charge in [0, 0.05) is 109 Å². The molecule has 12 aromatic heterocycles. The van der Waals surface area contributed by atoms with Gasteiger partial charge in [-0.3, -0.25) is 28.7 Å². The summed E-state index contributed by atoms with van der Waals surface area (Å²) in [6.07, 6.45) is 33.1. The van der Waals surface area contributed by atoms with Crippen molar-refractivity contribution in [2.45, 2.75) is 40.0 Å². The molecule has 14 rings (SSSR count). The maximum atomic E-state index is 5.87. The third kappa shape index (κ3) is 20.4. The zero-order valence-corrected chi connectivity index (χ0v) is 61.3. The van der Waals surface area contributed by atoms with Crippen molar-refractivity contribution in [3.8, 4) is 40.5 Å². The minimum absolute atomic E-state index is 0.487. The van der Waals surface area contributed by atoms with Crippen LogP contribution in [0, 0.1) is 28.3 Å². The molecule has 0 bridgehead atoms. The monoisotopic (exact) mass is 1650 g/mol. The third-order valence-electron chi connectivity index (χ3n) is 15.5. The van der Waals surface area contributed by atoms with E-state index in [2.05, 4.69) is 130 Å². The molecule has 100 heavy (non-hydrogen) atoms. The van der Waals surface area contributed by atoms with Gasteiger partial charge in [0.25, 0.3) is 0 Å². The number of halogens is 1. The van der Waals surface area contributed by atoms with Gasteiger partial charge in [0.2, 0.25) is 0 Å². The molecule has 0 atom stereocenters. The van der Waals surface area contributed by atoms with Gasteiger partial charge in [-0.1, -0.05) is 20.8 Å². The summed E-state index contributed by atoms with van der Waals surface area (Å²) < 4.78 is 60.5. The Morgan fingerprint density at radius 1 is 0.310 bits per heavy atom. The fourth-order valence-electron chi connectivity index (χ4n) is 10.6.